The van der Waals surface area contributed by atoms with Gasteiger partial charge in [0.1, 0.15) is 12.4 Å². The van der Waals surface area contributed by atoms with E-state index in [-0.39, 0.29) is 19.0 Å². The molecule has 7 heteroatoms. The molecule has 0 aliphatic rings. The van der Waals surface area contributed by atoms with Crippen LogP contribution in [0.2, 0.25) is 0 Å². The Bertz CT molecular complexity index is 899. The van der Waals surface area contributed by atoms with Crippen molar-refractivity contribution in [3.05, 3.63) is 51.8 Å². The molecule has 2 heterocycles. The summed E-state index contributed by atoms with van der Waals surface area (Å²) in [5.41, 5.74) is 2.78. The van der Waals surface area contributed by atoms with E-state index in [4.69, 9.17) is 13.7 Å². The van der Waals surface area contributed by atoms with Gasteiger partial charge in [-0.15, -0.1) is 0 Å². The number of ether oxygens (including phenoxy) is 1. The van der Waals surface area contributed by atoms with Crippen molar-refractivity contribution in [1.82, 2.24) is 9.72 Å². The molecule has 0 fully saturated rings. The summed E-state index contributed by atoms with van der Waals surface area (Å²) in [4.78, 5) is 23.7. The summed E-state index contributed by atoms with van der Waals surface area (Å²) in [6.45, 7) is 4.13. The fourth-order valence-corrected chi connectivity index (χ4v) is 2.54. The van der Waals surface area contributed by atoms with E-state index in [0.717, 1.165) is 16.8 Å². The Morgan fingerprint density at radius 2 is 2.08 bits per heavy atom. The summed E-state index contributed by atoms with van der Waals surface area (Å²) < 4.78 is 16.9. The first kappa shape index (κ1) is 16.0. The molecule has 0 amide bonds. The molecule has 0 atom stereocenters. The minimum absolute atomic E-state index is 0.147. The van der Waals surface area contributed by atoms with Crippen molar-refractivity contribution in [1.29, 1.82) is 0 Å². The predicted molar refractivity (Wildman–Crippen MR) is 85.5 cm³/mol. The number of hydrogen-bond donors (Lipinski definition) is 0. The highest BCUT2D eigenvalue weighted by Crippen LogP contribution is 2.15. The van der Waals surface area contributed by atoms with E-state index in [9.17, 15) is 9.59 Å². The quantitative estimate of drug-likeness (QED) is 0.646. The van der Waals surface area contributed by atoms with Crippen molar-refractivity contribution in [3.63, 3.8) is 0 Å². The van der Waals surface area contributed by atoms with Crippen molar-refractivity contribution in [3.8, 4) is 0 Å². The average molecular weight is 330 g/mol. The largest absolute Gasteiger partial charge is 0.461 e. The number of aryl methyl sites for hydroxylation is 3. The maximum absolute atomic E-state index is 11.9. The number of fused-ring (bicyclic) bond motifs is 1. The number of nitrogens with zero attached hydrogens (tertiary/aromatic N) is 2. The highest BCUT2D eigenvalue weighted by molar-refractivity contribution is 5.72. The van der Waals surface area contributed by atoms with Gasteiger partial charge in [0.25, 0.3) is 0 Å². The van der Waals surface area contributed by atoms with E-state index in [2.05, 4.69) is 5.16 Å². The maximum atomic E-state index is 11.9. The molecule has 0 saturated heterocycles. The number of rotatable bonds is 6. The van der Waals surface area contributed by atoms with Crippen LogP contribution in [0.4, 0.5) is 0 Å². The monoisotopic (exact) mass is 330 g/mol. The van der Waals surface area contributed by atoms with Crippen LogP contribution in [0.3, 0.4) is 0 Å². The molecule has 0 spiro atoms. The highest BCUT2D eigenvalue weighted by atomic mass is 16.5. The Hall–Kier alpha value is -2.83. The summed E-state index contributed by atoms with van der Waals surface area (Å²) in [7, 11) is 0. The number of carbonyl (C=O) groups excluding carboxylic acids is 1. The van der Waals surface area contributed by atoms with Gasteiger partial charge in [0.2, 0.25) is 0 Å². The van der Waals surface area contributed by atoms with E-state index < -0.39 is 5.76 Å². The zero-order valence-electron chi connectivity index (χ0n) is 13.6. The van der Waals surface area contributed by atoms with Gasteiger partial charge < -0.3 is 13.7 Å². The number of para-hydroxylation sites is 2. The van der Waals surface area contributed by atoms with Gasteiger partial charge in [-0.25, -0.2) is 4.79 Å². The van der Waals surface area contributed by atoms with Gasteiger partial charge in [-0.3, -0.25) is 9.36 Å². The Morgan fingerprint density at radius 3 is 2.83 bits per heavy atom. The van der Waals surface area contributed by atoms with Gasteiger partial charge in [0, 0.05) is 13.0 Å². The highest BCUT2D eigenvalue weighted by Gasteiger charge is 2.13. The molecule has 0 radical (unpaired) electrons. The molecule has 7 nitrogen and oxygen atoms in total. The number of hydrogen-bond acceptors (Lipinski definition) is 6. The first-order chi connectivity index (χ1) is 11.6. The Morgan fingerprint density at radius 1 is 1.29 bits per heavy atom. The molecular formula is C17H18N2O5. The molecule has 0 saturated carbocycles. The zero-order chi connectivity index (χ0) is 17.1. The number of esters is 1. The third-order valence-corrected chi connectivity index (χ3v) is 3.90. The van der Waals surface area contributed by atoms with Crippen LogP contribution in [0.25, 0.3) is 11.1 Å². The lowest BCUT2D eigenvalue weighted by atomic mass is 10.2. The third kappa shape index (κ3) is 3.24. The molecule has 126 valence electrons. The lowest BCUT2D eigenvalue weighted by Crippen LogP contribution is -2.15. The second-order valence-electron chi connectivity index (χ2n) is 5.55. The predicted octanol–water partition coefficient (Wildman–Crippen LogP) is 2.72. The minimum Gasteiger partial charge on any atom is -0.461 e. The van der Waals surface area contributed by atoms with Crippen molar-refractivity contribution < 1.29 is 18.5 Å². The summed E-state index contributed by atoms with van der Waals surface area (Å²) in [5, 5.41) is 3.81. The average Bonchev–Trinajstić information content (AvgIpc) is 3.05. The van der Waals surface area contributed by atoms with Gasteiger partial charge in [-0.1, -0.05) is 17.3 Å². The molecule has 0 N–H and O–H groups in total. The van der Waals surface area contributed by atoms with Crippen LogP contribution in [0.1, 0.15) is 29.9 Å². The van der Waals surface area contributed by atoms with E-state index >= 15 is 0 Å². The smallest absolute Gasteiger partial charge is 0.419 e. The summed E-state index contributed by atoms with van der Waals surface area (Å²) in [6, 6.07) is 7.20. The molecule has 24 heavy (non-hydrogen) atoms. The second kappa shape index (κ2) is 6.74. The molecule has 0 unspecified atom stereocenters. The first-order valence-corrected chi connectivity index (χ1v) is 7.72. The molecule has 3 aromatic rings. The number of benzene rings is 1. The lowest BCUT2D eigenvalue weighted by molar-refractivity contribution is -0.145. The standard InChI is InChI=1S/C17H18N2O5/c1-11-13(12(2)24-18-11)10-22-16(20)8-5-9-19-14-6-3-4-7-15(14)23-17(19)21/h3-4,6-7H,5,8-10H2,1-2H3. The van der Waals surface area contributed by atoms with Gasteiger partial charge in [0.15, 0.2) is 5.58 Å². The fourth-order valence-electron chi connectivity index (χ4n) is 2.54. The summed E-state index contributed by atoms with van der Waals surface area (Å²) >= 11 is 0. The van der Waals surface area contributed by atoms with E-state index in [1.54, 1.807) is 19.9 Å². The zero-order valence-corrected chi connectivity index (χ0v) is 13.6. The van der Waals surface area contributed by atoms with Gasteiger partial charge in [-0.05, 0) is 32.4 Å². The van der Waals surface area contributed by atoms with Gasteiger partial charge in [0.05, 0.1) is 16.8 Å². The van der Waals surface area contributed by atoms with Crippen LogP contribution in [0, 0.1) is 13.8 Å². The van der Waals surface area contributed by atoms with Crippen LogP contribution in [0.5, 0.6) is 0 Å². The van der Waals surface area contributed by atoms with Crippen molar-refractivity contribution in [2.24, 2.45) is 0 Å². The Kier molecular flexibility index (Phi) is 4.50. The number of aromatic nitrogens is 2. The molecule has 0 aliphatic carbocycles. The third-order valence-electron chi connectivity index (χ3n) is 3.90. The molecule has 3 rings (SSSR count). The minimum atomic E-state index is -0.416. The van der Waals surface area contributed by atoms with E-state index in [0.29, 0.717) is 24.3 Å². The van der Waals surface area contributed by atoms with Crippen LogP contribution >= 0.6 is 0 Å². The van der Waals surface area contributed by atoms with Crippen LogP contribution in [0.15, 0.2) is 38.0 Å². The molecule has 0 bridgehead atoms. The fraction of sp³-hybridized carbons (Fsp3) is 0.353. The molecule has 0 aliphatic heterocycles. The van der Waals surface area contributed by atoms with Crippen molar-refractivity contribution in [2.75, 3.05) is 0 Å². The van der Waals surface area contributed by atoms with E-state index in [1.165, 1.54) is 4.57 Å². The normalized spacial score (nSPS) is 11.1. The number of oxazole rings is 1. The number of carbonyl (C=O) groups is 1. The molecule has 2 aromatic heterocycles. The van der Waals surface area contributed by atoms with Crippen molar-refractivity contribution in [2.45, 2.75) is 39.8 Å². The van der Waals surface area contributed by atoms with Gasteiger partial charge >= 0.3 is 11.7 Å². The van der Waals surface area contributed by atoms with E-state index in [1.807, 2.05) is 18.2 Å². The van der Waals surface area contributed by atoms with Crippen LogP contribution < -0.4 is 5.76 Å². The lowest BCUT2D eigenvalue weighted by Gasteiger charge is -2.05. The molecule has 1 aromatic carbocycles. The SMILES string of the molecule is Cc1noc(C)c1COC(=O)CCCn1c(=O)oc2ccccc21. The maximum Gasteiger partial charge on any atom is 0.419 e. The summed E-state index contributed by atoms with van der Waals surface area (Å²) in [6.07, 6.45) is 0.708. The van der Waals surface area contributed by atoms with Gasteiger partial charge in [-0.2, -0.15) is 0 Å². The first-order valence-electron chi connectivity index (χ1n) is 7.72. The Balaban J connectivity index is 1.53. The van der Waals surface area contributed by atoms with Crippen molar-refractivity contribution >= 4 is 17.1 Å². The Labute approximate surface area is 137 Å². The molecular weight excluding hydrogens is 312 g/mol. The summed E-state index contributed by atoms with van der Waals surface area (Å²) in [5.74, 6) is -0.0899. The van der Waals surface area contributed by atoms with Crippen LogP contribution in [-0.2, 0) is 22.7 Å². The van der Waals surface area contributed by atoms with Crippen LogP contribution in [-0.4, -0.2) is 15.7 Å². The second-order valence-corrected chi connectivity index (χ2v) is 5.55. The topological polar surface area (TPSA) is 87.5 Å².